The third-order valence-corrected chi connectivity index (χ3v) is 4.44. The first kappa shape index (κ1) is 13.7. The van der Waals surface area contributed by atoms with Crippen LogP contribution in [0.4, 0.5) is 0 Å². The Kier molecular flexibility index (Phi) is 2.85. The van der Waals surface area contributed by atoms with Gasteiger partial charge in [-0.3, -0.25) is 19.3 Å². The van der Waals surface area contributed by atoms with Gasteiger partial charge in [0.25, 0.3) is 17.4 Å². The summed E-state index contributed by atoms with van der Waals surface area (Å²) in [5.74, 6) is -0.723. The predicted molar refractivity (Wildman–Crippen MR) is 80.3 cm³/mol. The molecule has 3 heterocycles. The summed E-state index contributed by atoms with van der Waals surface area (Å²) < 4.78 is 1.14. The van der Waals surface area contributed by atoms with Gasteiger partial charge in [-0.05, 0) is 19.1 Å². The first-order chi connectivity index (χ1) is 11.1. The molecule has 2 aromatic heterocycles. The van der Waals surface area contributed by atoms with Crippen LogP contribution in [0.3, 0.4) is 0 Å². The minimum atomic E-state index is -0.362. The lowest BCUT2D eigenvalue weighted by Gasteiger charge is -2.10. The molecule has 0 aliphatic carbocycles. The molecule has 0 saturated heterocycles. The monoisotopic (exact) mass is 327 g/mol. The zero-order chi connectivity index (χ0) is 16.1. The number of hydrogen-bond donors (Lipinski definition) is 0. The number of fused-ring (bicyclic) bond motifs is 2. The zero-order valence-corrected chi connectivity index (χ0v) is 12.7. The lowest BCUT2D eigenvalue weighted by molar-refractivity contribution is 0.0642. The number of aromatic nitrogens is 4. The Balaban J connectivity index is 1.72. The maximum absolute atomic E-state index is 12.3. The Morgan fingerprint density at radius 2 is 1.70 bits per heavy atom. The Labute approximate surface area is 133 Å². The van der Waals surface area contributed by atoms with Crippen LogP contribution in [0, 0.1) is 6.92 Å². The van der Waals surface area contributed by atoms with Crippen molar-refractivity contribution in [3.05, 3.63) is 56.4 Å². The van der Waals surface area contributed by atoms with E-state index in [0.29, 0.717) is 21.1 Å². The number of amides is 2. The smallest absolute Gasteiger partial charge is 0.269 e. The van der Waals surface area contributed by atoms with Crippen molar-refractivity contribution in [3.8, 4) is 0 Å². The molecular weight excluding hydrogens is 318 g/mol. The van der Waals surface area contributed by atoms with E-state index in [1.807, 2.05) is 0 Å². The largest absolute Gasteiger partial charge is 0.296 e. The molecule has 0 fully saturated rings. The summed E-state index contributed by atoms with van der Waals surface area (Å²) in [7, 11) is 0. The average Bonchev–Trinajstić information content (AvgIpc) is 3.07. The highest BCUT2D eigenvalue weighted by Crippen LogP contribution is 2.25. The predicted octanol–water partition coefficient (Wildman–Crippen LogP) is 0.651. The SMILES string of the molecule is Cc1nnc2sc(CN3C(=O)c4ccccc4C3=O)nn2c1=O. The second-order valence-corrected chi connectivity index (χ2v) is 6.06. The molecule has 0 atom stereocenters. The van der Waals surface area contributed by atoms with Gasteiger partial charge >= 0.3 is 0 Å². The third-order valence-electron chi connectivity index (χ3n) is 3.56. The Bertz CT molecular complexity index is 1000. The van der Waals surface area contributed by atoms with Crippen LogP contribution in [-0.2, 0) is 6.54 Å². The second kappa shape index (κ2) is 4.78. The number of imide groups is 1. The highest BCUT2D eigenvalue weighted by molar-refractivity contribution is 7.16. The van der Waals surface area contributed by atoms with E-state index < -0.39 is 0 Å². The zero-order valence-electron chi connectivity index (χ0n) is 11.9. The van der Waals surface area contributed by atoms with Crippen molar-refractivity contribution in [1.29, 1.82) is 0 Å². The van der Waals surface area contributed by atoms with Crippen molar-refractivity contribution < 1.29 is 9.59 Å². The van der Waals surface area contributed by atoms with Crippen LogP contribution < -0.4 is 5.56 Å². The molecule has 1 aliphatic heterocycles. The second-order valence-electron chi connectivity index (χ2n) is 5.02. The van der Waals surface area contributed by atoms with Crippen LogP contribution in [0.25, 0.3) is 4.96 Å². The van der Waals surface area contributed by atoms with Crippen LogP contribution in [0.15, 0.2) is 29.1 Å². The molecule has 0 unspecified atom stereocenters. The summed E-state index contributed by atoms with van der Waals surface area (Å²) >= 11 is 1.12. The first-order valence-electron chi connectivity index (χ1n) is 6.73. The molecule has 0 spiro atoms. The van der Waals surface area contributed by atoms with E-state index in [9.17, 15) is 14.4 Å². The lowest BCUT2D eigenvalue weighted by Crippen LogP contribution is -2.29. The fraction of sp³-hybridized carbons (Fsp3) is 0.143. The van der Waals surface area contributed by atoms with Gasteiger partial charge in [-0.15, -0.1) is 10.2 Å². The van der Waals surface area contributed by atoms with Gasteiger partial charge in [0, 0.05) is 0 Å². The minimum absolute atomic E-state index is 0.00113. The van der Waals surface area contributed by atoms with Gasteiger partial charge in [0.1, 0.15) is 10.7 Å². The van der Waals surface area contributed by atoms with Gasteiger partial charge in [-0.25, -0.2) is 0 Å². The summed E-state index contributed by atoms with van der Waals surface area (Å²) in [6.45, 7) is 1.55. The molecule has 3 aromatic rings. The number of rotatable bonds is 2. The topological polar surface area (TPSA) is 97.5 Å². The number of carbonyl (C=O) groups is 2. The minimum Gasteiger partial charge on any atom is -0.269 e. The van der Waals surface area contributed by atoms with Gasteiger partial charge in [-0.2, -0.15) is 9.61 Å². The normalized spacial score (nSPS) is 13.9. The van der Waals surface area contributed by atoms with Crippen molar-refractivity contribution in [1.82, 2.24) is 24.7 Å². The first-order valence-corrected chi connectivity index (χ1v) is 7.55. The standard InChI is InChI=1S/C14H9N5O3S/c1-7-11(20)19-14(16-15-7)23-10(17-19)6-18-12(21)8-4-2-3-5-9(8)13(18)22/h2-5H,6H2,1H3. The van der Waals surface area contributed by atoms with Crippen molar-refractivity contribution in [2.45, 2.75) is 13.5 Å². The molecule has 8 nitrogen and oxygen atoms in total. The summed E-state index contributed by atoms with van der Waals surface area (Å²) in [5.41, 5.74) is 0.637. The molecule has 0 radical (unpaired) electrons. The molecule has 0 N–H and O–H groups in total. The van der Waals surface area contributed by atoms with Gasteiger partial charge in [0.2, 0.25) is 4.96 Å². The number of nitrogens with zero attached hydrogens (tertiary/aromatic N) is 5. The average molecular weight is 327 g/mol. The third kappa shape index (κ3) is 1.97. The maximum atomic E-state index is 12.3. The lowest BCUT2D eigenvalue weighted by atomic mass is 10.1. The summed E-state index contributed by atoms with van der Waals surface area (Å²) in [6, 6.07) is 6.66. The summed E-state index contributed by atoms with van der Waals surface area (Å²) in [5, 5.41) is 12.2. The summed E-state index contributed by atoms with van der Waals surface area (Å²) in [6.07, 6.45) is 0. The molecule has 4 rings (SSSR count). The molecule has 2 amide bonds. The highest BCUT2D eigenvalue weighted by atomic mass is 32.1. The number of hydrogen-bond acceptors (Lipinski definition) is 7. The van der Waals surface area contributed by atoms with E-state index in [1.165, 1.54) is 0 Å². The Hall–Kier alpha value is -2.94. The van der Waals surface area contributed by atoms with Crippen LogP contribution in [0.5, 0.6) is 0 Å². The molecule has 23 heavy (non-hydrogen) atoms. The van der Waals surface area contributed by atoms with Crippen molar-refractivity contribution >= 4 is 28.1 Å². The molecule has 0 bridgehead atoms. The van der Waals surface area contributed by atoms with Crippen LogP contribution in [0.2, 0.25) is 0 Å². The Morgan fingerprint density at radius 3 is 2.35 bits per heavy atom. The summed E-state index contributed by atoms with van der Waals surface area (Å²) in [4.78, 5) is 38.1. The van der Waals surface area contributed by atoms with E-state index in [1.54, 1.807) is 31.2 Å². The van der Waals surface area contributed by atoms with Gasteiger partial charge < -0.3 is 0 Å². The van der Waals surface area contributed by atoms with Gasteiger partial charge in [0.15, 0.2) is 0 Å². The van der Waals surface area contributed by atoms with E-state index in [4.69, 9.17) is 0 Å². The quantitative estimate of drug-likeness (QED) is 0.641. The molecule has 114 valence electrons. The molecule has 1 aromatic carbocycles. The molecule has 1 aliphatic rings. The van der Waals surface area contributed by atoms with Crippen LogP contribution >= 0.6 is 11.3 Å². The van der Waals surface area contributed by atoms with Gasteiger partial charge in [-0.1, -0.05) is 23.5 Å². The fourth-order valence-electron chi connectivity index (χ4n) is 2.41. The maximum Gasteiger partial charge on any atom is 0.296 e. The van der Waals surface area contributed by atoms with Gasteiger partial charge in [0.05, 0.1) is 17.7 Å². The Morgan fingerprint density at radius 1 is 1.04 bits per heavy atom. The van der Waals surface area contributed by atoms with E-state index in [-0.39, 0.29) is 29.6 Å². The van der Waals surface area contributed by atoms with E-state index in [0.717, 1.165) is 20.8 Å². The van der Waals surface area contributed by atoms with Crippen molar-refractivity contribution in [3.63, 3.8) is 0 Å². The van der Waals surface area contributed by atoms with Crippen LogP contribution in [-0.4, -0.2) is 36.5 Å². The van der Waals surface area contributed by atoms with Crippen molar-refractivity contribution in [2.75, 3.05) is 0 Å². The molecular formula is C14H9N5O3S. The van der Waals surface area contributed by atoms with Crippen molar-refractivity contribution in [2.24, 2.45) is 0 Å². The molecule has 9 heteroatoms. The molecule has 0 saturated carbocycles. The fourth-order valence-corrected chi connectivity index (χ4v) is 3.23. The van der Waals surface area contributed by atoms with Crippen LogP contribution in [0.1, 0.15) is 31.4 Å². The highest BCUT2D eigenvalue weighted by Gasteiger charge is 2.35. The number of carbonyl (C=O) groups excluding carboxylic acids is 2. The number of aryl methyl sites for hydroxylation is 1. The van der Waals surface area contributed by atoms with E-state index in [2.05, 4.69) is 15.3 Å². The number of benzene rings is 1. The van der Waals surface area contributed by atoms with E-state index >= 15 is 0 Å².